The van der Waals surface area contributed by atoms with Gasteiger partial charge >= 0.3 is 5.97 Å². The fourth-order valence-corrected chi connectivity index (χ4v) is 3.53. The molecule has 2 aromatic carbocycles. The average molecular weight is 429 g/mol. The lowest BCUT2D eigenvalue weighted by molar-refractivity contribution is -0.139. The van der Waals surface area contributed by atoms with Gasteiger partial charge in [0.25, 0.3) is 0 Å². The lowest BCUT2D eigenvalue weighted by Gasteiger charge is -2.12. The van der Waals surface area contributed by atoms with E-state index >= 15 is 0 Å². The SMILES string of the molecule is CCOC(=O)CSc1nnc(-c2cc(OC)cc(OC)c2)n1-c1ccc(OC)cc1. The Kier molecular flexibility index (Phi) is 7.18. The van der Waals surface area contributed by atoms with Crippen molar-refractivity contribution in [1.29, 1.82) is 0 Å². The maximum atomic E-state index is 11.8. The third kappa shape index (κ3) is 4.85. The number of ether oxygens (including phenoxy) is 4. The van der Waals surface area contributed by atoms with Gasteiger partial charge in [0.1, 0.15) is 17.2 Å². The van der Waals surface area contributed by atoms with Gasteiger partial charge in [-0.1, -0.05) is 11.8 Å². The summed E-state index contributed by atoms with van der Waals surface area (Å²) in [4.78, 5) is 11.8. The van der Waals surface area contributed by atoms with Crippen molar-refractivity contribution in [1.82, 2.24) is 14.8 Å². The zero-order chi connectivity index (χ0) is 21.5. The maximum absolute atomic E-state index is 11.8. The molecule has 0 radical (unpaired) electrons. The molecule has 1 heterocycles. The zero-order valence-corrected chi connectivity index (χ0v) is 18.1. The van der Waals surface area contributed by atoms with Gasteiger partial charge in [-0.3, -0.25) is 9.36 Å². The molecular formula is C21H23N3O5S. The highest BCUT2D eigenvalue weighted by Crippen LogP contribution is 2.33. The largest absolute Gasteiger partial charge is 0.497 e. The van der Waals surface area contributed by atoms with E-state index < -0.39 is 0 Å². The molecule has 0 saturated carbocycles. The highest BCUT2D eigenvalue weighted by atomic mass is 32.2. The molecule has 0 fully saturated rings. The van der Waals surface area contributed by atoms with Gasteiger partial charge in [-0.05, 0) is 43.3 Å². The first-order valence-corrected chi connectivity index (χ1v) is 10.2. The van der Waals surface area contributed by atoms with Crippen LogP contribution in [0.2, 0.25) is 0 Å². The highest BCUT2D eigenvalue weighted by Gasteiger charge is 2.19. The smallest absolute Gasteiger partial charge is 0.316 e. The molecular weight excluding hydrogens is 406 g/mol. The minimum Gasteiger partial charge on any atom is -0.497 e. The summed E-state index contributed by atoms with van der Waals surface area (Å²) in [6.07, 6.45) is 0. The van der Waals surface area contributed by atoms with Crippen LogP contribution < -0.4 is 14.2 Å². The Balaban J connectivity index is 2.07. The molecule has 158 valence electrons. The van der Waals surface area contributed by atoms with Gasteiger partial charge in [0.05, 0.1) is 33.7 Å². The molecule has 9 heteroatoms. The molecule has 3 aromatic rings. The molecule has 3 rings (SSSR count). The van der Waals surface area contributed by atoms with E-state index in [4.69, 9.17) is 18.9 Å². The molecule has 0 unspecified atom stereocenters. The Morgan fingerprint density at radius 3 is 2.13 bits per heavy atom. The van der Waals surface area contributed by atoms with Gasteiger partial charge in [-0.25, -0.2) is 0 Å². The summed E-state index contributed by atoms with van der Waals surface area (Å²) in [5.41, 5.74) is 1.58. The number of methoxy groups -OCH3 is 3. The van der Waals surface area contributed by atoms with Crippen molar-refractivity contribution < 1.29 is 23.7 Å². The summed E-state index contributed by atoms with van der Waals surface area (Å²) < 4.78 is 22.9. The van der Waals surface area contributed by atoms with Crippen LogP contribution in [0.3, 0.4) is 0 Å². The second-order valence-electron chi connectivity index (χ2n) is 6.03. The average Bonchev–Trinajstić information content (AvgIpc) is 3.21. The highest BCUT2D eigenvalue weighted by molar-refractivity contribution is 7.99. The second-order valence-corrected chi connectivity index (χ2v) is 6.98. The van der Waals surface area contributed by atoms with E-state index in [9.17, 15) is 4.79 Å². The third-order valence-electron chi connectivity index (χ3n) is 4.20. The fraction of sp³-hybridized carbons (Fsp3) is 0.286. The first-order chi connectivity index (χ1) is 14.6. The summed E-state index contributed by atoms with van der Waals surface area (Å²) in [6.45, 7) is 2.11. The normalized spacial score (nSPS) is 10.5. The van der Waals surface area contributed by atoms with E-state index in [1.54, 1.807) is 34.3 Å². The van der Waals surface area contributed by atoms with Gasteiger partial charge < -0.3 is 18.9 Å². The number of carbonyl (C=O) groups is 1. The Morgan fingerprint density at radius 2 is 1.57 bits per heavy atom. The van der Waals surface area contributed by atoms with E-state index in [-0.39, 0.29) is 11.7 Å². The number of nitrogens with zero attached hydrogens (tertiary/aromatic N) is 3. The Bertz CT molecular complexity index is 982. The molecule has 0 aliphatic rings. The summed E-state index contributed by atoms with van der Waals surface area (Å²) in [5, 5.41) is 9.25. The van der Waals surface area contributed by atoms with Gasteiger partial charge in [0.15, 0.2) is 11.0 Å². The van der Waals surface area contributed by atoms with E-state index in [0.717, 1.165) is 17.0 Å². The van der Waals surface area contributed by atoms with Crippen molar-refractivity contribution in [3.8, 4) is 34.3 Å². The molecule has 0 saturated heterocycles. The van der Waals surface area contributed by atoms with Crippen molar-refractivity contribution in [3.63, 3.8) is 0 Å². The maximum Gasteiger partial charge on any atom is 0.316 e. The fourth-order valence-electron chi connectivity index (χ4n) is 2.78. The van der Waals surface area contributed by atoms with Crippen LogP contribution in [0, 0.1) is 0 Å². The van der Waals surface area contributed by atoms with Crippen LogP contribution in [0.5, 0.6) is 17.2 Å². The lowest BCUT2D eigenvalue weighted by atomic mass is 10.1. The number of esters is 1. The van der Waals surface area contributed by atoms with Crippen LogP contribution >= 0.6 is 11.8 Å². The topological polar surface area (TPSA) is 84.7 Å². The molecule has 0 spiro atoms. The predicted molar refractivity (Wildman–Crippen MR) is 114 cm³/mol. The van der Waals surface area contributed by atoms with Crippen molar-refractivity contribution in [3.05, 3.63) is 42.5 Å². The third-order valence-corrected chi connectivity index (χ3v) is 5.10. The van der Waals surface area contributed by atoms with Crippen LogP contribution in [0.15, 0.2) is 47.6 Å². The van der Waals surface area contributed by atoms with E-state index in [1.807, 2.05) is 41.0 Å². The number of benzene rings is 2. The van der Waals surface area contributed by atoms with Gasteiger partial charge in [0, 0.05) is 17.3 Å². The number of carbonyl (C=O) groups excluding carboxylic acids is 1. The zero-order valence-electron chi connectivity index (χ0n) is 17.2. The van der Waals surface area contributed by atoms with Gasteiger partial charge in [-0.2, -0.15) is 0 Å². The van der Waals surface area contributed by atoms with Crippen molar-refractivity contribution in [2.75, 3.05) is 33.7 Å². The van der Waals surface area contributed by atoms with E-state index in [0.29, 0.717) is 29.1 Å². The number of hydrogen-bond acceptors (Lipinski definition) is 8. The molecule has 30 heavy (non-hydrogen) atoms. The molecule has 0 amide bonds. The van der Waals surface area contributed by atoms with Crippen LogP contribution in [-0.2, 0) is 9.53 Å². The number of aromatic nitrogens is 3. The minimum absolute atomic E-state index is 0.129. The lowest BCUT2D eigenvalue weighted by Crippen LogP contribution is -2.08. The van der Waals surface area contributed by atoms with Crippen LogP contribution in [0.1, 0.15) is 6.92 Å². The number of thioether (sulfide) groups is 1. The first-order valence-electron chi connectivity index (χ1n) is 9.21. The second kappa shape index (κ2) is 10.0. The predicted octanol–water partition coefficient (Wildman–Crippen LogP) is 3.62. The van der Waals surface area contributed by atoms with Crippen LogP contribution in [-0.4, -0.2) is 54.4 Å². The molecule has 0 N–H and O–H groups in total. The van der Waals surface area contributed by atoms with Crippen molar-refractivity contribution in [2.45, 2.75) is 12.1 Å². The molecule has 0 aliphatic heterocycles. The van der Waals surface area contributed by atoms with Crippen molar-refractivity contribution >= 4 is 17.7 Å². The Hall–Kier alpha value is -3.20. The van der Waals surface area contributed by atoms with E-state index in [2.05, 4.69) is 10.2 Å². The first kappa shape index (κ1) is 21.5. The quantitative estimate of drug-likeness (QED) is 0.377. The Labute approximate surface area is 179 Å². The van der Waals surface area contributed by atoms with Gasteiger partial charge in [-0.15, -0.1) is 10.2 Å². The summed E-state index contributed by atoms with van der Waals surface area (Å²) in [7, 11) is 4.79. The number of rotatable bonds is 9. The molecule has 0 bridgehead atoms. The molecule has 0 aliphatic carbocycles. The van der Waals surface area contributed by atoms with E-state index in [1.165, 1.54) is 11.8 Å². The van der Waals surface area contributed by atoms with Crippen molar-refractivity contribution in [2.24, 2.45) is 0 Å². The van der Waals surface area contributed by atoms with Gasteiger partial charge in [0.2, 0.25) is 0 Å². The summed E-state index contributed by atoms with van der Waals surface area (Å²) >= 11 is 1.26. The Morgan fingerprint density at radius 1 is 0.933 bits per heavy atom. The molecule has 8 nitrogen and oxygen atoms in total. The molecule has 0 atom stereocenters. The standard InChI is InChI=1S/C21H23N3O5S/c1-5-29-19(25)13-30-21-23-22-20(14-10-17(27-3)12-18(11-14)28-4)24(21)15-6-8-16(26-2)9-7-15/h6-12H,5,13H2,1-4H3. The molecule has 1 aromatic heterocycles. The van der Waals surface area contributed by atoms with Crippen LogP contribution in [0.4, 0.5) is 0 Å². The van der Waals surface area contributed by atoms with Crippen LogP contribution in [0.25, 0.3) is 17.1 Å². The summed E-state index contributed by atoms with van der Waals surface area (Å²) in [5.74, 6) is 2.41. The number of hydrogen-bond donors (Lipinski definition) is 0. The summed E-state index contributed by atoms with van der Waals surface area (Å²) in [6, 6.07) is 13.0. The minimum atomic E-state index is -0.309. The monoisotopic (exact) mass is 429 g/mol.